The largest absolute Gasteiger partial charge is 0.497 e. The van der Waals surface area contributed by atoms with Crippen LogP contribution in [0.2, 0.25) is 0 Å². The lowest BCUT2D eigenvalue weighted by molar-refractivity contribution is 0.282. The molecule has 6 aromatic rings. The Kier molecular flexibility index (Phi) is 10.8. The molecule has 1 N–H and O–H groups in total. The van der Waals surface area contributed by atoms with Crippen LogP contribution in [0.1, 0.15) is 38.9 Å². The van der Waals surface area contributed by atoms with Crippen molar-refractivity contribution in [2.75, 3.05) is 19.1 Å². The summed E-state index contributed by atoms with van der Waals surface area (Å²) in [4.78, 5) is 2.27. The first-order valence-electron chi connectivity index (χ1n) is 16.2. The summed E-state index contributed by atoms with van der Waals surface area (Å²) >= 11 is 0. The number of ether oxygens (including phenoxy) is 2. The van der Waals surface area contributed by atoms with E-state index in [0.717, 1.165) is 67.5 Å². The highest BCUT2D eigenvalue weighted by molar-refractivity contribution is 5.80. The Morgan fingerprint density at radius 3 is 1.14 bits per heavy atom. The third-order valence-electron chi connectivity index (χ3n) is 8.18. The van der Waals surface area contributed by atoms with E-state index in [4.69, 9.17) is 9.47 Å². The summed E-state index contributed by atoms with van der Waals surface area (Å²) in [5, 5.41) is 9.49. The van der Waals surface area contributed by atoms with Gasteiger partial charge < -0.3 is 19.5 Å². The highest BCUT2D eigenvalue weighted by Crippen LogP contribution is 2.35. The van der Waals surface area contributed by atoms with Gasteiger partial charge in [-0.15, -0.1) is 0 Å². The van der Waals surface area contributed by atoms with Crippen molar-refractivity contribution in [3.05, 3.63) is 185 Å². The van der Waals surface area contributed by atoms with Crippen LogP contribution in [0.3, 0.4) is 0 Å². The van der Waals surface area contributed by atoms with E-state index in [1.54, 1.807) is 14.2 Å². The standard InChI is InChI=1S/C45H39NO3/c1-48-44-10-4-7-38(31-44)16-13-35-20-26-42(27-21-35)46(41-24-18-34(19-25-41)12-15-37-6-3-9-40(30-37)33-47)43-28-22-36(23-29-43)14-17-39-8-5-11-45(32-39)49-2/h3-32,47H,33H2,1-2H3/b15-12+,16-13+,17-14+. The van der Waals surface area contributed by atoms with E-state index in [9.17, 15) is 5.11 Å². The van der Waals surface area contributed by atoms with Crippen LogP contribution in [-0.4, -0.2) is 19.3 Å². The Labute approximate surface area is 289 Å². The van der Waals surface area contributed by atoms with Crippen LogP contribution in [0.25, 0.3) is 36.5 Å². The topological polar surface area (TPSA) is 41.9 Å². The lowest BCUT2D eigenvalue weighted by Crippen LogP contribution is -2.09. The molecule has 0 atom stereocenters. The van der Waals surface area contributed by atoms with Crippen molar-refractivity contribution >= 4 is 53.5 Å². The first kappa shape index (κ1) is 32.8. The van der Waals surface area contributed by atoms with Gasteiger partial charge in [-0.3, -0.25) is 0 Å². The summed E-state index contributed by atoms with van der Waals surface area (Å²) in [6, 6.07) is 49.7. The van der Waals surface area contributed by atoms with Gasteiger partial charge in [-0.1, -0.05) is 115 Å². The molecule has 0 radical (unpaired) electrons. The second-order valence-corrected chi connectivity index (χ2v) is 11.6. The third kappa shape index (κ3) is 8.83. The van der Waals surface area contributed by atoms with E-state index in [1.165, 1.54) is 0 Å². The van der Waals surface area contributed by atoms with Crippen LogP contribution >= 0.6 is 0 Å². The maximum Gasteiger partial charge on any atom is 0.119 e. The molecule has 0 aliphatic rings. The van der Waals surface area contributed by atoms with Gasteiger partial charge in [0.1, 0.15) is 11.5 Å². The molecule has 49 heavy (non-hydrogen) atoms. The minimum atomic E-state index is 0.0330. The molecule has 0 aromatic heterocycles. The van der Waals surface area contributed by atoms with E-state index in [1.807, 2.05) is 60.7 Å². The number of hydrogen-bond acceptors (Lipinski definition) is 4. The lowest BCUT2D eigenvalue weighted by atomic mass is 10.1. The van der Waals surface area contributed by atoms with Crippen LogP contribution in [0, 0.1) is 0 Å². The van der Waals surface area contributed by atoms with Crippen molar-refractivity contribution < 1.29 is 14.6 Å². The van der Waals surface area contributed by atoms with Crippen LogP contribution in [0.5, 0.6) is 11.5 Å². The average molecular weight is 642 g/mol. The van der Waals surface area contributed by atoms with E-state index >= 15 is 0 Å². The van der Waals surface area contributed by atoms with E-state index in [2.05, 4.69) is 126 Å². The molecule has 0 fully saturated rings. The molecule has 6 aromatic carbocycles. The number of aliphatic hydroxyl groups is 1. The Morgan fingerprint density at radius 1 is 0.429 bits per heavy atom. The van der Waals surface area contributed by atoms with Crippen molar-refractivity contribution in [2.45, 2.75) is 6.61 Å². The summed E-state index contributed by atoms with van der Waals surface area (Å²) in [7, 11) is 3.37. The minimum Gasteiger partial charge on any atom is -0.497 e. The summed E-state index contributed by atoms with van der Waals surface area (Å²) in [5.41, 5.74) is 10.6. The van der Waals surface area contributed by atoms with Gasteiger partial charge in [0.25, 0.3) is 0 Å². The van der Waals surface area contributed by atoms with Gasteiger partial charge in [-0.25, -0.2) is 0 Å². The predicted molar refractivity (Wildman–Crippen MR) is 206 cm³/mol. The van der Waals surface area contributed by atoms with Crippen LogP contribution in [-0.2, 0) is 6.61 Å². The van der Waals surface area contributed by atoms with Gasteiger partial charge >= 0.3 is 0 Å². The van der Waals surface area contributed by atoms with E-state index in [0.29, 0.717) is 0 Å². The number of benzene rings is 6. The molecule has 4 nitrogen and oxygen atoms in total. The summed E-state index contributed by atoms with van der Waals surface area (Å²) in [6.45, 7) is 0.0330. The molecule has 0 unspecified atom stereocenters. The molecule has 0 amide bonds. The quantitative estimate of drug-likeness (QED) is 0.135. The lowest BCUT2D eigenvalue weighted by Gasteiger charge is -2.26. The first-order chi connectivity index (χ1) is 24.1. The zero-order valence-corrected chi connectivity index (χ0v) is 27.7. The summed E-state index contributed by atoms with van der Waals surface area (Å²) in [5.74, 6) is 1.68. The van der Waals surface area contributed by atoms with Crippen LogP contribution < -0.4 is 14.4 Å². The molecular formula is C45H39NO3. The number of anilines is 3. The van der Waals surface area contributed by atoms with Crippen LogP contribution in [0.15, 0.2) is 146 Å². The Morgan fingerprint density at radius 2 is 0.776 bits per heavy atom. The molecule has 0 saturated heterocycles. The van der Waals surface area contributed by atoms with Gasteiger partial charge in [-0.05, 0) is 106 Å². The molecular weight excluding hydrogens is 602 g/mol. The Balaban J connectivity index is 1.27. The number of hydrogen-bond donors (Lipinski definition) is 1. The third-order valence-corrected chi connectivity index (χ3v) is 8.18. The molecule has 242 valence electrons. The molecule has 0 bridgehead atoms. The maximum absolute atomic E-state index is 9.49. The number of nitrogens with zero attached hydrogens (tertiary/aromatic N) is 1. The Hall–Kier alpha value is -6.10. The van der Waals surface area contributed by atoms with Crippen molar-refractivity contribution in [2.24, 2.45) is 0 Å². The fourth-order valence-electron chi connectivity index (χ4n) is 5.51. The van der Waals surface area contributed by atoms with Crippen LogP contribution in [0.4, 0.5) is 17.1 Å². The molecule has 0 aliphatic carbocycles. The predicted octanol–water partition coefficient (Wildman–Crippen LogP) is 11.2. The number of rotatable bonds is 12. The van der Waals surface area contributed by atoms with Gasteiger partial charge in [0.15, 0.2) is 0 Å². The molecule has 0 heterocycles. The highest BCUT2D eigenvalue weighted by Gasteiger charge is 2.12. The van der Waals surface area contributed by atoms with E-state index < -0.39 is 0 Å². The van der Waals surface area contributed by atoms with Gasteiger partial charge in [-0.2, -0.15) is 0 Å². The van der Waals surface area contributed by atoms with E-state index in [-0.39, 0.29) is 6.61 Å². The zero-order valence-electron chi connectivity index (χ0n) is 27.7. The molecule has 0 spiro atoms. The smallest absolute Gasteiger partial charge is 0.119 e. The van der Waals surface area contributed by atoms with Crippen molar-refractivity contribution in [3.63, 3.8) is 0 Å². The molecule has 6 rings (SSSR count). The maximum atomic E-state index is 9.49. The van der Waals surface area contributed by atoms with Crippen molar-refractivity contribution in [1.82, 2.24) is 0 Å². The second-order valence-electron chi connectivity index (χ2n) is 11.6. The van der Waals surface area contributed by atoms with Gasteiger partial charge in [0.2, 0.25) is 0 Å². The fourth-order valence-corrected chi connectivity index (χ4v) is 5.51. The SMILES string of the molecule is COc1cccc(/C=C/c2ccc(N(c3ccc(/C=C/c4cccc(CO)c4)cc3)c3ccc(/C=C/c4cccc(OC)c4)cc3)cc2)c1. The van der Waals surface area contributed by atoms with Crippen molar-refractivity contribution in [3.8, 4) is 11.5 Å². The van der Waals surface area contributed by atoms with Gasteiger partial charge in [0, 0.05) is 17.1 Å². The van der Waals surface area contributed by atoms with Crippen molar-refractivity contribution in [1.29, 1.82) is 0 Å². The number of aliphatic hydroxyl groups excluding tert-OH is 1. The number of methoxy groups -OCH3 is 2. The average Bonchev–Trinajstić information content (AvgIpc) is 3.17. The summed E-state index contributed by atoms with van der Waals surface area (Å²) in [6.07, 6.45) is 12.6. The molecule has 4 heteroatoms. The molecule has 0 aliphatic heterocycles. The summed E-state index contributed by atoms with van der Waals surface area (Å²) < 4.78 is 10.7. The minimum absolute atomic E-state index is 0.0330. The second kappa shape index (κ2) is 16.1. The molecule has 0 saturated carbocycles. The van der Waals surface area contributed by atoms with Gasteiger partial charge in [0.05, 0.1) is 20.8 Å². The first-order valence-corrected chi connectivity index (χ1v) is 16.2. The highest BCUT2D eigenvalue weighted by atomic mass is 16.5. The normalized spacial score (nSPS) is 11.4. The fraction of sp³-hybridized carbons (Fsp3) is 0.0667. The Bertz CT molecular complexity index is 1820. The monoisotopic (exact) mass is 641 g/mol. The zero-order chi connectivity index (χ0) is 33.8.